The maximum atomic E-state index is 13.2. The van der Waals surface area contributed by atoms with Gasteiger partial charge in [-0.1, -0.05) is 23.5 Å². The molecule has 150 valence electrons. The number of thiazole rings is 1. The van der Waals surface area contributed by atoms with Crippen LogP contribution in [-0.4, -0.2) is 59.4 Å². The number of carbonyl (C=O) groups excluding carboxylic acids is 2. The lowest BCUT2D eigenvalue weighted by atomic mass is 10.1. The summed E-state index contributed by atoms with van der Waals surface area (Å²) in [6.45, 7) is 2.45. The molecule has 1 aliphatic rings. The first kappa shape index (κ1) is 19.3. The number of piperazine rings is 1. The lowest BCUT2D eigenvalue weighted by molar-refractivity contribution is -0.133. The summed E-state index contributed by atoms with van der Waals surface area (Å²) in [5.41, 5.74) is 1.46. The third-order valence-corrected chi connectivity index (χ3v) is 5.79. The predicted octanol–water partition coefficient (Wildman–Crippen LogP) is 1.84. The average molecular weight is 413 g/mol. The van der Waals surface area contributed by atoms with Gasteiger partial charge >= 0.3 is 0 Å². The zero-order chi connectivity index (χ0) is 20.2. The number of pyridine rings is 1. The molecule has 0 aliphatic carbocycles. The monoisotopic (exact) mass is 413 g/mol. The lowest BCUT2D eigenvalue weighted by Gasteiger charge is -2.34. The van der Waals surface area contributed by atoms with Crippen molar-refractivity contribution < 1.29 is 14.0 Å². The summed E-state index contributed by atoms with van der Waals surface area (Å²) >= 11 is 1.55. The molecule has 2 amide bonds. The first-order valence-corrected chi connectivity index (χ1v) is 10.2. The van der Waals surface area contributed by atoms with Gasteiger partial charge in [-0.25, -0.2) is 14.4 Å². The smallest absolute Gasteiger partial charge is 0.242 e. The van der Waals surface area contributed by atoms with E-state index in [4.69, 9.17) is 0 Å². The van der Waals surface area contributed by atoms with Crippen LogP contribution in [-0.2, 0) is 16.0 Å². The number of halogens is 1. The van der Waals surface area contributed by atoms with Crippen LogP contribution < -0.4 is 10.2 Å². The fraction of sp³-hybridized carbons (Fsp3) is 0.300. The van der Waals surface area contributed by atoms with E-state index < -0.39 is 0 Å². The van der Waals surface area contributed by atoms with Crippen molar-refractivity contribution >= 4 is 38.6 Å². The minimum absolute atomic E-state index is 0.0461. The van der Waals surface area contributed by atoms with Crippen LogP contribution in [0.1, 0.15) is 5.56 Å². The van der Waals surface area contributed by atoms with Crippen LogP contribution in [0, 0.1) is 5.82 Å². The van der Waals surface area contributed by atoms with Crippen LogP contribution in [0.5, 0.6) is 0 Å². The van der Waals surface area contributed by atoms with Gasteiger partial charge < -0.3 is 15.1 Å². The van der Waals surface area contributed by atoms with Crippen molar-refractivity contribution in [1.29, 1.82) is 0 Å². The van der Waals surface area contributed by atoms with Gasteiger partial charge in [0.15, 0.2) is 5.13 Å². The molecular formula is C20H20FN5O2S. The van der Waals surface area contributed by atoms with E-state index in [1.165, 1.54) is 12.1 Å². The Labute approximate surface area is 171 Å². The molecule has 2 aromatic heterocycles. The number of benzene rings is 1. The number of nitrogens with one attached hydrogen (secondary N) is 1. The largest absolute Gasteiger partial charge is 0.347 e. The molecule has 7 nitrogen and oxygen atoms in total. The SMILES string of the molecule is O=C(Cc1cccc(F)c1)NCC(=O)N1CCN(c2nc3cccnc3s2)CC1. The normalized spacial score (nSPS) is 14.2. The Balaban J connectivity index is 1.25. The topological polar surface area (TPSA) is 78.4 Å². The van der Waals surface area contributed by atoms with E-state index in [2.05, 4.69) is 20.2 Å². The number of carbonyl (C=O) groups is 2. The van der Waals surface area contributed by atoms with Crippen molar-refractivity contribution in [3.8, 4) is 0 Å². The predicted molar refractivity (Wildman–Crippen MR) is 109 cm³/mol. The summed E-state index contributed by atoms with van der Waals surface area (Å²) < 4.78 is 13.2. The van der Waals surface area contributed by atoms with Gasteiger partial charge in [-0.05, 0) is 29.8 Å². The van der Waals surface area contributed by atoms with Crippen molar-refractivity contribution in [1.82, 2.24) is 20.2 Å². The van der Waals surface area contributed by atoms with E-state index in [1.54, 1.807) is 34.6 Å². The van der Waals surface area contributed by atoms with E-state index in [1.807, 2.05) is 12.1 Å². The highest BCUT2D eigenvalue weighted by Crippen LogP contribution is 2.27. The summed E-state index contributed by atoms with van der Waals surface area (Å²) in [7, 11) is 0. The fourth-order valence-corrected chi connectivity index (χ4v) is 4.18. The highest BCUT2D eigenvalue weighted by Gasteiger charge is 2.23. The standard InChI is InChI=1S/C20H20FN5O2S/c21-15-4-1-3-14(11-15)12-17(27)23-13-18(28)25-7-9-26(10-8-25)20-24-16-5-2-6-22-19(16)29-20/h1-6,11H,7-10,12-13H2,(H,23,27). The third-order valence-electron chi connectivity index (χ3n) is 4.75. The fourth-order valence-electron chi connectivity index (χ4n) is 3.22. The third kappa shape index (κ3) is 4.68. The van der Waals surface area contributed by atoms with E-state index in [9.17, 15) is 14.0 Å². The van der Waals surface area contributed by atoms with E-state index in [-0.39, 0.29) is 30.6 Å². The number of nitrogens with zero attached hydrogens (tertiary/aromatic N) is 4. The van der Waals surface area contributed by atoms with Gasteiger partial charge in [-0.3, -0.25) is 9.59 Å². The molecule has 1 aromatic carbocycles. The Morgan fingerprint density at radius 2 is 1.97 bits per heavy atom. The first-order chi connectivity index (χ1) is 14.1. The van der Waals surface area contributed by atoms with E-state index >= 15 is 0 Å². The van der Waals surface area contributed by atoms with Crippen molar-refractivity contribution in [3.05, 3.63) is 54.0 Å². The summed E-state index contributed by atoms with van der Waals surface area (Å²) in [5, 5.41) is 3.53. The molecule has 1 N–H and O–H groups in total. The number of hydrogen-bond donors (Lipinski definition) is 1. The van der Waals surface area contributed by atoms with Gasteiger partial charge in [-0.15, -0.1) is 0 Å². The molecule has 1 saturated heterocycles. The van der Waals surface area contributed by atoms with Crippen LogP contribution in [0.25, 0.3) is 10.3 Å². The molecule has 3 heterocycles. The number of hydrogen-bond acceptors (Lipinski definition) is 6. The van der Waals surface area contributed by atoms with Crippen LogP contribution in [0.4, 0.5) is 9.52 Å². The van der Waals surface area contributed by atoms with Gasteiger partial charge in [0.1, 0.15) is 16.2 Å². The molecule has 1 fully saturated rings. The molecule has 3 aromatic rings. The Bertz CT molecular complexity index is 999. The van der Waals surface area contributed by atoms with Crippen molar-refractivity contribution in [2.24, 2.45) is 0 Å². The second-order valence-electron chi connectivity index (χ2n) is 6.78. The molecule has 0 unspecified atom stereocenters. The summed E-state index contributed by atoms with van der Waals surface area (Å²) in [4.78, 5) is 38.1. The van der Waals surface area contributed by atoms with Gasteiger partial charge in [-0.2, -0.15) is 0 Å². The number of rotatable bonds is 5. The molecule has 29 heavy (non-hydrogen) atoms. The molecular weight excluding hydrogens is 393 g/mol. The summed E-state index contributed by atoms with van der Waals surface area (Å²) in [6.07, 6.45) is 1.80. The van der Waals surface area contributed by atoms with E-state index in [0.29, 0.717) is 31.7 Å². The van der Waals surface area contributed by atoms with E-state index in [0.717, 1.165) is 15.5 Å². The van der Waals surface area contributed by atoms with Crippen LogP contribution in [0.15, 0.2) is 42.6 Å². The zero-order valence-electron chi connectivity index (χ0n) is 15.7. The zero-order valence-corrected chi connectivity index (χ0v) is 16.5. The van der Waals surface area contributed by atoms with Gasteiger partial charge in [0, 0.05) is 32.4 Å². The maximum Gasteiger partial charge on any atom is 0.242 e. The average Bonchev–Trinajstić information content (AvgIpc) is 3.16. The summed E-state index contributed by atoms with van der Waals surface area (Å²) in [5.74, 6) is -0.805. The number of anilines is 1. The summed E-state index contributed by atoms with van der Waals surface area (Å²) in [6, 6.07) is 9.69. The molecule has 0 saturated carbocycles. The van der Waals surface area contributed by atoms with Crippen molar-refractivity contribution in [3.63, 3.8) is 0 Å². The second-order valence-corrected chi connectivity index (χ2v) is 7.73. The van der Waals surface area contributed by atoms with Crippen LogP contribution >= 0.6 is 11.3 Å². The quantitative estimate of drug-likeness (QED) is 0.691. The minimum atomic E-state index is -0.381. The Morgan fingerprint density at radius 3 is 2.72 bits per heavy atom. The molecule has 0 radical (unpaired) electrons. The lowest BCUT2D eigenvalue weighted by Crippen LogP contribution is -2.51. The minimum Gasteiger partial charge on any atom is -0.347 e. The molecule has 4 rings (SSSR count). The van der Waals surface area contributed by atoms with Gasteiger partial charge in [0.2, 0.25) is 11.8 Å². The maximum absolute atomic E-state index is 13.2. The first-order valence-electron chi connectivity index (χ1n) is 9.34. The number of aromatic nitrogens is 2. The van der Waals surface area contributed by atoms with Gasteiger partial charge in [0.05, 0.1) is 13.0 Å². The molecule has 0 spiro atoms. The Morgan fingerprint density at radius 1 is 1.14 bits per heavy atom. The highest BCUT2D eigenvalue weighted by molar-refractivity contribution is 7.21. The van der Waals surface area contributed by atoms with Crippen LogP contribution in [0.2, 0.25) is 0 Å². The van der Waals surface area contributed by atoms with Crippen LogP contribution in [0.3, 0.4) is 0 Å². The highest BCUT2D eigenvalue weighted by atomic mass is 32.1. The molecule has 0 atom stereocenters. The number of fused-ring (bicyclic) bond motifs is 1. The molecule has 0 bridgehead atoms. The second kappa shape index (κ2) is 8.52. The Kier molecular flexibility index (Phi) is 5.66. The van der Waals surface area contributed by atoms with Crippen molar-refractivity contribution in [2.75, 3.05) is 37.6 Å². The number of amides is 2. The molecule has 1 aliphatic heterocycles. The Hall–Kier alpha value is -3.07. The van der Waals surface area contributed by atoms with Gasteiger partial charge in [0.25, 0.3) is 0 Å². The molecule has 9 heteroatoms. The van der Waals surface area contributed by atoms with Crippen molar-refractivity contribution in [2.45, 2.75) is 6.42 Å².